The van der Waals surface area contributed by atoms with Crippen molar-refractivity contribution >= 4 is 60.6 Å². The average Bonchev–Trinajstić information content (AvgIpc) is 2.87. The van der Waals surface area contributed by atoms with Crippen LogP contribution in [0, 0.1) is 0 Å². The van der Waals surface area contributed by atoms with E-state index in [1.54, 1.807) is 6.07 Å². The van der Waals surface area contributed by atoms with Gasteiger partial charge in [-0.25, -0.2) is 0 Å². The molecule has 178 valence electrons. The van der Waals surface area contributed by atoms with Crippen LogP contribution in [0.3, 0.4) is 0 Å². The number of ether oxygens (including phenoxy) is 1. The molecule has 4 aromatic carbocycles. The lowest BCUT2D eigenvalue weighted by Crippen LogP contribution is -2.11. The van der Waals surface area contributed by atoms with Crippen molar-refractivity contribution in [1.82, 2.24) is 0 Å². The molecule has 0 aliphatic rings. The number of nitrogens with two attached hydrogens (primary N) is 1. The lowest BCUT2D eigenvalue weighted by Gasteiger charge is -2.25. The topological polar surface area (TPSA) is 55.6 Å². The predicted octanol–water partition coefficient (Wildman–Crippen LogP) is 7.98. The summed E-state index contributed by atoms with van der Waals surface area (Å²) in [7, 11) is 0. The monoisotopic (exact) mass is 592 g/mol. The first-order valence-corrected chi connectivity index (χ1v) is 13.0. The summed E-state index contributed by atoms with van der Waals surface area (Å²) >= 11 is 7.05. The molecule has 0 aromatic heterocycles. The number of carbonyl (C=O) groups is 1. The van der Waals surface area contributed by atoms with E-state index >= 15 is 0 Å². The summed E-state index contributed by atoms with van der Waals surface area (Å²) in [5, 5.41) is 0. The van der Waals surface area contributed by atoms with E-state index in [1.165, 1.54) is 5.56 Å². The molecule has 0 unspecified atom stereocenters. The number of anilines is 4. The van der Waals surface area contributed by atoms with E-state index in [1.807, 2.05) is 42.5 Å². The summed E-state index contributed by atoms with van der Waals surface area (Å²) in [6.07, 6.45) is 1.79. The Kier molecular flexibility index (Phi) is 8.61. The Bertz CT molecular complexity index is 1210. The third-order valence-corrected chi connectivity index (χ3v) is 6.68. The van der Waals surface area contributed by atoms with Crippen molar-refractivity contribution in [3.63, 3.8) is 0 Å². The fourth-order valence-electron chi connectivity index (χ4n) is 3.80. The Morgan fingerprint density at radius 2 is 1.26 bits per heavy atom. The maximum absolute atomic E-state index is 12.1. The highest BCUT2D eigenvalue weighted by molar-refractivity contribution is 9.10. The smallest absolute Gasteiger partial charge is 0.310 e. The second-order valence-electron chi connectivity index (χ2n) is 8.15. The van der Waals surface area contributed by atoms with E-state index in [0.717, 1.165) is 44.4 Å². The normalized spacial score (nSPS) is 10.7. The molecule has 4 rings (SSSR count). The first-order chi connectivity index (χ1) is 17.0. The van der Waals surface area contributed by atoms with E-state index in [2.05, 4.69) is 85.3 Å². The first kappa shape index (κ1) is 25.0. The molecule has 0 aliphatic heterocycles. The minimum Gasteiger partial charge on any atom is -0.465 e. The van der Waals surface area contributed by atoms with Crippen LogP contribution >= 0.6 is 31.9 Å². The van der Waals surface area contributed by atoms with Crippen LogP contribution in [0.15, 0.2) is 106 Å². The molecule has 0 bridgehead atoms. The Morgan fingerprint density at radius 1 is 0.743 bits per heavy atom. The van der Waals surface area contributed by atoms with Gasteiger partial charge in [0.2, 0.25) is 0 Å². The molecule has 4 aromatic rings. The third-order valence-electron chi connectivity index (χ3n) is 5.63. The molecule has 35 heavy (non-hydrogen) atoms. The number of nitrogens with zero attached hydrogens (tertiary/aromatic N) is 1. The second-order valence-corrected chi connectivity index (χ2v) is 9.99. The van der Waals surface area contributed by atoms with Crippen molar-refractivity contribution in [1.29, 1.82) is 0 Å². The highest BCUT2D eigenvalue weighted by atomic mass is 79.9. The quantitative estimate of drug-likeness (QED) is 0.121. The summed E-state index contributed by atoms with van der Waals surface area (Å²) in [5.41, 5.74) is 11.7. The standard InChI is InChI=1S/C29H26Br2N2O2/c30-23-9-15-26(16-10-23)33(27-17-11-24(31)12-18-27)25-13-7-21(8-14-25)4-3-19-35-29(34)20-22-5-1-2-6-28(22)32/h1-2,5-18H,3-4,19-20,32H2. The van der Waals surface area contributed by atoms with E-state index in [9.17, 15) is 4.79 Å². The molecule has 0 heterocycles. The van der Waals surface area contributed by atoms with Gasteiger partial charge >= 0.3 is 5.97 Å². The van der Waals surface area contributed by atoms with Crippen molar-refractivity contribution in [3.05, 3.63) is 117 Å². The van der Waals surface area contributed by atoms with Crippen molar-refractivity contribution in [3.8, 4) is 0 Å². The molecule has 6 heteroatoms. The van der Waals surface area contributed by atoms with Gasteiger partial charge in [0.05, 0.1) is 13.0 Å². The van der Waals surface area contributed by atoms with Gasteiger partial charge in [0.1, 0.15) is 0 Å². The van der Waals surface area contributed by atoms with Crippen molar-refractivity contribution in [2.75, 3.05) is 17.2 Å². The number of nitrogen functional groups attached to an aromatic ring is 1. The molecule has 0 saturated carbocycles. The fraction of sp³-hybridized carbons (Fsp3) is 0.138. The van der Waals surface area contributed by atoms with Crippen LogP contribution in [0.5, 0.6) is 0 Å². The molecular formula is C29H26Br2N2O2. The molecular weight excluding hydrogens is 568 g/mol. The zero-order chi connectivity index (χ0) is 24.6. The van der Waals surface area contributed by atoms with E-state index in [-0.39, 0.29) is 12.4 Å². The van der Waals surface area contributed by atoms with Crippen molar-refractivity contribution < 1.29 is 9.53 Å². The molecule has 0 atom stereocenters. The molecule has 4 nitrogen and oxygen atoms in total. The number of para-hydroxylation sites is 1. The molecule has 0 spiro atoms. The fourth-order valence-corrected chi connectivity index (χ4v) is 4.33. The van der Waals surface area contributed by atoms with E-state index in [0.29, 0.717) is 12.3 Å². The molecule has 0 saturated heterocycles. The van der Waals surface area contributed by atoms with Crippen molar-refractivity contribution in [2.24, 2.45) is 0 Å². The van der Waals surface area contributed by atoms with Crippen LogP contribution in [0.1, 0.15) is 17.5 Å². The maximum Gasteiger partial charge on any atom is 0.310 e. The van der Waals surface area contributed by atoms with Gasteiger partial charge < -0.3 is 15.4 Å². The van der Waals surface area contributed by atoms with Crippen LogP contribution in [0.4, 0.5) is 22.7 Å². The van der Waals surface area contributed by atoms with Crippen LogP contribution in [-0.4, -0.2) is 12.6 Å². The lowest BCUT2D eigenvalue weighted by atomic mass is 10.1. The Labute approximate surface area is 223 Å². The SMILES string of the molecule is Nc1ccccc1CC(=O)OCCCc1ccc(N(c2ccc(Br)cc2)c2ccc(Br)cc2)cc1. The minimum absolute atomic E-state index is 0.198. The number of esters is 1. The van der Waals surface area contributed by atoms with Crippen molar-refractivity contribution in [2.45, 2.75) is 19.3 Å². The first-order valence-electron chi connectivity index (χ1n) is 11.4. The minimum atomic E-state index is -0.252. The van der Waals surface area contributed by atoms with Gasteiger partial charge in [-0.3, -0.25) is 4.79 Å². The zero-order valence-electron chi connectivity index (χ0n) is 19.2. The molecule has 0 aliphatic carbocycles. The number of hydrogen-bond donors (Lipinski definition) is 1. The van der Waals surface area contributed by atoms with Gasteiger partial charge in [0, 0.05) is 31.7 Å². The molecule has 2 N–H and O–H groups in total. The number of aryl methyl sites for hydroxylation is 1. The summed E-state index contributed by atoms with van der Waals surface area (Å²) in [6.45, 7) is 0.386. The highest BCUT2D eigenvalue weighted by Crippen LogP contribution is 2.35. The Morgan fingerprint density at radius 3 is 1.80 bits per heavy atom. The summed E-state index contributed by atoms with van der Waals surface area (Å²) in [5.74, 6) is -0.252. The number of halogens is 2. The van der Waals surface area contributed by atoms with Gasteiger partial charge in [-0.05, 0) is 90.7 Å². The van der Waals surface area contributed by atoms with E-state index in [4.69, 9.17) is 10.5 Å². The predicted molar refractivity (Wildman–Crippen MR) is 150 cm³/mol. The van der Waals surface area contributed by atoms with Gasteiger partial charge in [-0.1, -0.05) is 62.2 Å². The van der Waals surface area contributed by atoms with Crippen LogP contribution in [-0.2, 0) is 22.4 Å². The molecule has 0 fully saturated rings. The Hall–Kier alpha value is -3.09. The largest absolute Gasteiger partial charge is 0.465 e. The summed E-state index contributed by atoms with van der Waals surface area (Å²) < 4.78 is 7.49. The van der Waals surface area contributed by atoms with Gasteiger partial charge in [-0.15, -0.1) is 0 Å². The Balaban J connectivity index is 1.37. The number of hydrogen-bond acceptors (Lipinski definition) is 4. The van der Waals surface area contributed by atoms with Gasteiger partial charge in [0.25, 0.3) is 0 Å². The number of carbonyl (C=O) groups excluding carboxylic acids is 1. The molecule has 0 radical (unpaired) electrons. The average molecular weight is 594 g/mol. The summed E-state index contributed by atoms with van der Waals surface area (Å²) in [4.78, 5) is 14.3. The highest BCUT2D eigenvalue weighted by Gasteiger charge is 2.13. The zero-order valence-corrected chi connectivity index (χ0v) is 22.3. The number of rotatable bonds is 9. The van der Waals surface area contributed by atoms with Gasteiger partial charge in [0.15, 0.2) is 0 Å². The van der Waals surface area contributed by atoms with Gasteiger partial charge in [-0.2, -0.15) is 0 Å². The van der Waals surface area contributed by atoms with Crippen LogP contribution in [0.25, 0.3) is 0 Å². The molecule has 0 amide bonds. The third kappa shape index (κ3) is 6.96. The second kappa shape index (κ2) is 12.0. The lowest BCUT2D eigenvalue weighted by molar-refractivity contribution is -0.142. The van der Waals surface area contributed by atoms with E-state index < -0.39 is 0 Å². The number of benzene rings is 4. The van der Waals surface area contributed by atoms with Crippen LogP contribution in [0.2, 0.25) is 0 Å². The summed E-state index contributed by atoms with van der Waals surface area (Å²) in [6, 6.07) is 32.4. The maximum atomic E-state index is 12.1. The van der Waals surface area contributed by atoms with Crippen LogP contribution < -0.4 is 10.6 Å².